The summed E-state index contributed by atoms with van der Waals surface area (Å²) in [6.45, 7) is -0.205. The van der Waals surface area contributed by atoms with Crippen molar-refractivity contribution in [2.45, 2.75) is 24.9 Å². The SMILES string of the molecule is OC[C@H]1O[C@@H](n2cc(I)c3c(Cl)ncnc32)CC1O. The second-order valence-corrected chi connectivity index (χ2v) is 5.88. The molecule has 0 amide bonds. The van der Waals surface area contributed by atoms with Gasteiger partial charge in [0.1, 0.15) is 29.5 Å². The van der Waals surface area contributed by atoms with Gasteiger partial charge in [-0.25, -0.2) is 9.97 Å². The topological polar surface area (TPSA) is 80.4 Å². The molecule has 3 atom stereocenters. The highest BCUT2D eigenvalue weighted by Crippen LogP contribution is 2.34. The molecular weight excluding hydrogens is 384 g/mol. The molecule has 1 aliphatic heterocycles. The number of ether oxygens (including phenoxy) is 1. The minimum absolute atomic E-state index is 0.205. The highest BCUT2D eigenvalue weighted by molar-refractivity contribution is 14.1. The lowest BCUT2D eigenvalue weighted by molar-refractivity contribution is -0.0430. The van der Waals surface area contributed by atoms with Crippen molar-refractivity contribution >= 4 is 45.2 Å². The molecule has 0 aliphatic carbocycles. The standard InChI is InChI=1S/C11H11ClIN3O3/c12-10-9-5(13)2-16(11(9)15-4-14-10)8-1-6(18)7(3-17)19-8/h2,4,6-8,17-18H,1,3H2/t6?,7-,8-/m1/s1. The van der Waals surface area contributed by atoms with E-state index in [2.05, 4.69) is 32.6 Å². The van der Waals surface area contributed by atoms with Crippen LogP contribution in [0.25, 0.3) is 11.0 Å². The first-order chi connectivity index (χ1) is 9.11. The fourth-order valence-corrected chi connectivity index (χ4v) is 3.46. The Balaban J connectivity index is 2.05. The summed E-state index contributed by atoms with van der Waals surface area (Å²) in [5.41, 5.74) is 0.667. The normalized spacial score (nSPS) is 27.3. The first kappa shape index (κ1) is 13.5. The zero-order valence-electron chi connectivity index (χ0n) is 9.70. The summed E-state index contributed by atoms with van der Waals surface area (Å²) >= 11 is 8.23. The molecule has 1 saturated heterocycles. The molecule has 0 radical (unpaired) electrons. The molecule has 3 heterocycles. The van der Waals surface area contributed by atoms with Gasteiger partial charge in [-0.05, 0) is 22.6 Å². The van der Waals surface area contributed by atoms with E-state index >= 15 is 0 Å². The summed E-state index contributed by atoms with van der Waals surface area (Å²) < 4.78 is 8.37. The van der Waals surface area contributed by atoms with E-state index in [0.717, 1.165) is 8.96 Å². The van der Waals surface area contributed by atoms with E-state index in [1.165, 1.54) is 6.33 Å². The van der Waals surface area contributed by atoms with Gasteiger partial charge in [0.05, 0.1) is 18.1 Å². The lowest BCUT2D eigenvalue weighted by Crippen LogP contribution is -2.24. The van der Waals surface area contributed by atoms with Gasteiger partial charge in [-0.15, -0.1) is 0 Å². The third kappa shape index (κ3) is 2.23. The van der Waals surface area contributed by atoms with Crippen LogP contribution in [0.5, 0.6) is 0 Å². The molecule has 2 aromatic heterocycles. The Labute approximate surface area is 127 Å². The molecule has 6 nitrogen and oxygen atoms in total. The number of hydrogen-bond donors (Lipinski definition) is 2. The van der Waals surface area contributed by atoms with Gasteiger partial charge in [0.2, 0.25) is 0 Å². The summed E-state index contributed by atoms with van der Waals surface area (Å²) in [7, 11) is 0. The minimum Gasteiger partial charge on any atom is -0.394 e. The second kappa shape index (κ2) is 5.13. The third-order valence-corrected chi connectivity index (χ3v) is 4.32. The number of hydrogen-bond acceptors (Lipinski definition) is 5. The van der Waals surface area contributed by atoms with Gasteiger partial charge < -0.3 is 19.5 Å². The Morgan fingerprint density at radius 1 is 1.53 bits per heavy atom. The van der Waals surface area contributed by atoms with Crippen molar-refractivity contribution in [2.24, 2.45) is 0 Å². The van der Waals surface area contributed by atoms with Gasteiger partial charge in [-0.2, -0.15) is 0 Å². The second-order valence-electron chi connectivity index (χ2n) is 4.36. The van der Waals surface area contributed by atoms with Crippen LogP contribution >= 0.6 is 34.2 Å². The maximum atomic E-state index is 9.80. The van der Waals surface area contributed by atoms with Crippen LogP contribution in [0.3, 0.4) is 0 Å². The molecule has 1 unspecified atom stereocenters. The number of fused-ring (bicyclic) bond motifs is 1. The molecule has 0 spiro atoms. The van der Waals surface area contributed by atoms with Gasteiger partial charge in [0.25, 0.3) is 0 Å². The highest BCUT2D eigenvalue weighted by Gasteiger charge is 2.35. The average molecular weight is 396 g/mol. The Hall–Kier alpha value is -0.480. The Kier molecular flexibility index (Phi) is 3.65. The molecule has 0 saturated carbocycles. The maximum absolute atomic E-state index is 9.80. The first-order valence-electron chi connectivity index (χ1n) is 5.72. The first-order valence-corrected chi connectivity index (χ1v) is 7.18. The monoisotopic (exact) mass is 395 g/mol. The molecule has 2 aromatic rings. The Morgan fingerprint density at radius 3 is 3.00 bits per heavy atom. The molecule has 19 heavy (non-hydrogen) atoms. The van der Waals surface area contributed by atoms with Crippen molar-refractivity contribution in [1.29, 1.82) is 0 Å². The van der Waals surface area contributed by atoms with Crippen molar-refractivity contribution in [2.75, 3.05) is 6.61 Å². The predicted octanol–water partition coefficient (Wildman–Crippen LogP) is 1.33. The van der Waals surface area contributed by atoms with Crippen molar-refractivity contribution < 1.29 is 14.9 Å². The van der Waals surface area contributed by atoms with Crippen LogP contribution in [0.15, 0.2) is 12.5 Å². The van der Waals surface area contributed by atoms with E-state index in [9.17, 15) is 5.11 Å². The quantitative estimate of drug-likeness (QED) is 0.592. The molecule has 2 N–H and O–H groups in total. The zero-order valence-corrected chi connectivity index (χ0v) is 12.6. The van der Waals surface area contributed by atoms with Crippen LogP contribution in [-0.4, -0.2) is 43.6 Å². The maximum Gasteiger partial charge on any atom is 0.148 e. The fraction of sp³-hybridized carbons (Fsp3) is 0.455. The summed E-state index contributed by atoms with van der Waals surface area (Å²) in [6.07, 6.45) is 2.07. The number of rotatable bonds is 2. The number of halogens is 2. The van der Waals surface area contributed by atoms with Gasteiger partial charge >= 0.3 is 0 Å². The van der Waals surface area contributed by atoms with Crippen molar-refractivity contribution in [3.63, 3.8) is 0 Å². The molecule has 1 fully saturated rings. The predicted molar refractivity (Wildman–Crippen MR) is 76.9 cm³/mol. The Bertz CT molecular complexity index is 620. The van der Waals surface area contributed by atoms with Crippen molar-refractivity contribution in [3.05, 3.63) is 21.2 Å². The zero-order chi connectivity index (χ0) is 13.6. The Morgan fingerprint density at radius 2 is 2.32 bits per heavy atom. The molecule has 0 bridgehead atoms. The number of aromatic nitrogens is 3. The van der Waals surface area contributed by atoms with Gasteiger partial charge in [-0.1, -0.05) is 11.6 Å². The molecular formula is C11H11ClIN3O3. The summed E-state index contributed by atoms with van der Waals surface area (Å²) in [5, 5.41) is 20.1. The van der Waals surface area contributed by atoms with Crippen LogP contribution in [0.4, 0.5) is 0 Å². The summed E-state index contributed by atoms with van der Waals surface area (Å²) in [5.74, 6) is 0. The van der Waals surface area contributed by atoms with Crippen LogP contribution < -0.4 is 0 Å². The lowest BCUT2D eigenvalue weighted by atomic mass is 10.2. The van der Waals surface area contributed by atoms with Gasteiger partial charge in [0.15, 0.2) is 0 Å². The van der Waals surface area contributed by atoms with E-state index in [4.69, 9.17) is 21.4 Å². The van der Waals surface area contributed by atoms with E-state index in [0.29, 0.717) is 17.2 Å². The van der Waals surface area contributed by atoms with E-state index in [1.807, 2.05) is 10.8 Å². The third-order valence-electron chi connectivity index (χ3n) is 3.21. The molecule has 8 heteroatoms. The fourth-order valence-electron chi connectivity index (χ4n) is 2.27. The molecule has 102 valence electrons. The minimum atomic E-state index is -0.678. The molecule has 1 aliphatic rings. The van der Waals surface area contributed by atoms with Crippen LogP contribution in [0, 0.1) is 3.57 Å². The largest absolute Gasteiger partial charge is 0.394 e. The lowest BCUT2D eigenvalue weighted by Gasteiger charge is -2.14. The van der Waals surface area contributed by atoms with Gasteiger partial charge in [0, 0.05) is 16.2 Å². The number of aliphatic hydroxyl groups is 2. The number of aliphatic hydroxyl groups excluding tert-OH is 2. The smallest absolute Gasteiger partial charge is 0.148 e. The van der Waals surface area contributed by atoms with Crippen LogP contribution in [0.2, 0.25) is 5.15 Å². The molecule has 3 rings (SSSR count). The van der Waals surface area contributed by atoms with Crippen LogP contribution in [-0.2, 0) is 4.74 Å². The van der Waals surface area contributed by atoms with Gasteiger partial charge in [-0.3, -0.25) is 0 Å². The van der Waals surface area contributed by atoms with E-state index in [-0.39, 0.29) is 12.8 Å². The van der Waals surface area contributed by atoms with E-state index < -0.39 is 12.2 Å². The average Bonchev–Trinajstić information content (AvgIpc) is 2.91. The summed E-state index contributed by atoms with van der Waals surface area (Å²) in [6, 6.07) is 0. The van der Waals surface area contributed by atoms with E-state index in [1.54, 1.807) is 0 Å². The summed E-state index contributed by atoms with van der Waals surface area (Å²) in [4.78, 5) is 8.18. The van der Waals surface area contributed by atoms with Crippen molar-refractivity contribution in [1.82, 2.24) is 14.5 Å². The van der Waals surface area contributed by atoms with Crippen molar-refractivity contribution in [3.8, 4) is 0 Å². The number of nitrogens with zero attached hydrogens (tertiary/aromatic N) is 3. The molecule has 0 aromatic carbocycles. The highest BCUT2D eigenvalue weighted by atomic mass is 127. The van der Waals surface area contributed by atoms with Crippen LogP contribution in [0.1, 0.15) is 12.6 Å².